The molecule has 0 unspecified atom stereocenters. The third kappa shape index (κ3) is 2.28. The zero-order valence-corrected chi connectivity index (χ0v) is 8.74. The molecule has 2 nitrogen and oxygen atoms in total. The summed E-state index contributed by atoms with van der Waals surface area (Å²) in [6.45, 7) is 0. The molecule has 0 amide bonds. The van der Waals surface area contributed by atoms with Crippen molar-refractivity contribution in [2.24, 2.45) is 0 Å². The molecule has 72 valence electrons. The van der Waals surface area contributed by atoms with Gasteiger partial charge < -0.3 is 5.73 Å². The number of rotatable bonds is 2. The van der Waals surface area contributed by atoms with Crippen molar-refractivity contribution in [3.05, 3.63) is 21.8 Å². The summed E-state index contributed by atoms with van der Waals surface area (Å²) in [5.41, 5.74) is 5.34. The summed E-state index contributed by atoms with van der Waals surface area (Å²) in [7, 11) is 0. The Morgan fingerprint density at radius 3 is 2.69 bits per heavy atom. The first-order valence-electron chi connectivity index (χ1n) is 3.35. The van der Waals surface area contributed by atoms with Crippen LogP contribution in [0.3, 0.4) is 0 Å². The van der Waals surface area contributed by atoms with Crippen molar-refractivity contribution in [2.45, 2.75) is 12.3 Å². The quantitative estimate of drug-likeness (QED) is 0.840. The average Bonchev–Trinajstić information content (AvgIpc) is 2.08. The molecule has 0 saturated heterocycles. The Morgan fingerprint density at radius 2 is 2.23 bits per heavy atom. The van der Waals surface area contributed by atoms with Crippen molar-refractivity contribution >= 4 is 33.3 Å². The molecule has 0 aliphatic heterocycles. The van der Waals surface area contributed by atoms with E-state index in [0.717, 1.165) is 0 Å². The summed E-state index contributed by atoms with van der Waals surface area (Å²) in [6, 6.07) is 1.24. The Balaban J connectivity index is 3.25. The van der Waals surface area contributed by atoms with Crippen LogP contribution >= 0.6 is 27.5 Å². The lowest BCUT2D eigenvalue weighted by atomic mass is 10.2. The second-order valence-electron chi connectivity index (χ2n) is 2.33. The van der Waals surface area contributed by atoms with Gasteiger partial charge in [-0.05, 0) is 22.0 Å². The van der Waals surface area contributed by atoms with Gasteiger partial charge in [0.1, 0.15) is 5.82 Å². The monoisotopic (exact) mass is 270 g/mol. The highest BCUT2D eigenvalue weighted by Gasteiger charge is 2.15. The maximum atomic E-state index is 12.4. The van der Waals surface area contributed by atoms with Crippen LogP contribution < -0.4 is 5.73 Å². The van der Waals surface area contributed by atoms with Gasteiger partial charge in [0.05, 0.1) is 16.0 Å². The minimum Gasteiger partial charge on any atom is -0.383 e. The maximum absolute atomic E-state index is 12.4. The van der Waals surface area contributed by atoms with Gasteiger partial charge in [0.15, 0.2) is 0 Å². The third-order valence-corrected chi connectivity index (χ3v) is 2.37. The van der Waals surface area contributed by atoms with Gasteiger partial charge >= 0.3 is 0 Å². The van der Waals surface area contributed by atoms with Gasteiger partial charge in [-0.15, -0.1) is 11.6 Å². The summed E-state index contributed by atoms with van der Waals surface area (Å²) in [5, 5.41) is 0. The van der Waals surface area contributed by atoms with E-state index in [1.807, 2.05) is 0 Å². The van der Waals surface area contributed by atoms with Crippen LogP contribution in [0.4, 0.5) is 14.6 Å². The first-order valence-corrected chi connectivity index (χ1v) is 4.68. The number of halogens is 4. The number of hydrogen-bond donors (Lipinski definition) is 1. The van der Waals surface area contributed by atoms with Crippen molar-refractivity contribution in [3.8, 4) is 0 Å². The second kappa shape index (κ2) is 4.19. The van der Waals surface area contributed by atoms with E-state index in [1.54, 1.807) is 0 Å². The molecule has 1 rings (SSSR count). The van der Waals surface area contributed by atoms with Crippen LogP contribution in [0.25, 0.3) is 0 Å². The number of anilines is 1. The molecule has 0 aliphatic rings. The highest BCUT2D eigenvalue weighted by atomic mass is 79.9. The van der Waals surface area contributed by atoms with Gasteiger partial charge in [-0.1, -0.05) is 0 Å². The van der Waals surface area contributed by atoms with Crippen molar-refractivity contribution in [2.75, 3.05) is 5.73 Å². The number of aromatic nitrogens is 1. The van der Waals surface area contributed by atoms with Crippen LogP contribution in [0.15, 0.2) is 10.5 Å². The number of nitrogens with two attached hydrogens (primary N) is 1. The van der Waals surface area contributed by atoms with Crippen molar-refractivity contribution < 1.29 is 8.78 Å². The van der Waals surface area contributed by atoms with E-state index >= 15 is 0 Å². The zero-order valence-electron chi connectivity index (χ0n) is 6.40. The Hall–Kier alpha value is -0.420. The van der Waals surface area contributed by atoms with Crippen molar-refractivity contribution in [3.63, 3.8) is 0 Å². The molecule has 13 heavy (non-hydrogen) atoms. The molecule has 1 aromatic rings. The van der Waals surface area contributed by atoms with Gasteiger partial charge in [0.25, 0.3) is 6.43 Å². The normalized spacial score (nSPS) is 10.8. The lowest BCUT2D eigenvalue weighted by Crippen LogP contribution is -2.01. The average molecular weight is 271 g/mol. The maximum Gasteiger partial charge on any atom is 0.265 e. The van der Waals surface area contributed by atoms with Gasteiger partial charge in [0, 0.05) is 5.56 Å². The molecular weight excluding hydrogens is 265 g/mol. The summed E-state index contributed by atoms with van der Waals surface area (Å²) in [4.78, 5) is 3.73. The Kier molecular flexibility index (Phi) is 3.44. The molecule has 6 heteroatoms. The largest absolute Gasteiger partial charge is 0.383 e. The Morgan fingerprint density at radius 1 is 1.62 bits per heavy atom. The van der Waals surface area contributed by atoms with E-state index in [-0.39, 0.29) is 23.0 Å². The summed E-state index contributed by atoms with van der Waals surface area (Å²) < 4.78 is 25.1. The van der Waals surface area contributed by atoms with E-state index in [9.17, 15) is 8.78 Å². The molecule has 1 heterocycles. The van der Waals surface area contributed by atoms with Gasteiger partial charge in [0.2, 0.25) is 0 Å². The number of nitrogens with zero attached hydrogens (tertiary/aromatic N) is 1. The fourth-order valence-corrected chi connectivity index (χ4v) is 1.40. The molecule has 0 fully saturated rings. The van der Waals surface area contributed by atoms with Crippen LogP contribution in [-0.2, 0) is 5.88 Å². The number of nitrogen functional groups attached to an aromatic ring is 1. The van der Waals surface area contributed by atoms with Gasteiger partial charge in [-0.25, -0.2) is 13.8 Å². The summed E-state index contributed by atoms with van der Waals surface area (Å²) >= 11 is 8.45. The SMILES string of the molecule is Nc1nc(CCl)c(C(F)F)cc1Br. The topological polar surface area (TPSA) is 38.9 Å². The minimum absolute atomic E-state index is 0.0723. The molecule has 0 atom stereocenters. The molecule has 0 bridgehead atoms. The predicted octanol–water partition coefficient (Wildman–Crippen LogP) is 3.10. The van der Waals surface area contributed by atoms with Crippen molar-refractivity contribution in [1.29, 1.82) is 0 Å². The fourth-order valence-electron chi connectivity index (χ4n) is 0.853. The van der Waals surface area contributed by atoms with E-state index in [1.165, 1.54) is 6.07 Å². The molecular formula is C7H6BrClF2N2. The minimum atomic E-state index is -2.59. The van der Waals surface area contributed by atoms with Crippen LogP contribution in [0.1, 0.15) is 17.7 Å². The molecule has 2 N–H and O–H groups in total. The number of pyridine rings is 1. The van der Waals surface area contributed by atoms with Crippen LogP contribution in [0, 0.1) is 0 Å². The molecule has 1 aromatic heterocycles. The van der Waals surface area contributed by atoms with E-state index in [4.69, 9.17) is 17.3 Å². The molecule has 0 radical (unpaired) electrons. The summed E-state index contributed by atoms with van der Waals surface area (Å²) in [5.74, 6) is 0.0944. The second-order valence-corrected chi connectivity index (χ2v) is 3.45. The first kappa shape index (κ1) is 10.7. The number of alkyl halides is 3. The molecule has 0 spiro atoms. The first-order chi connectivity index (χ1) is 6.06. The van der Waals surface area contributed by atoms with Gasteiger partial charge in [-0.2, -0.15) is 0 Å². The summed E-state index contributed by atoms with van der Waals surface area (Å²) in [6.07, 6.45) is -2.59. The lowest BCUT2D eigenvalue weighted by Gasteiger charge is -2.07. The lowest BCUT2D eigenvalue weighted by molar-refractivity contribution is 0.150. The van der Waals surface area contributed by atoms with E-state index < -0.39 is 6.43 Å². The van der Waals surface area contributed by atoms with Gasteiger partial charge in [-0.3, -0.25) is 0 Å². The smallest absolute Gasteiger partial charge is 0.265 e. The van der Waals surface area contributed by atoms with Crippen LogP contribution in [0.2, 0.25) is 0 Å². The van der Waals surface area contributed by atoms with Crippen LogP contribution in [0.5, 0.6) is 0 Å². The van der Waals surface area contributed by atoms with E-state index in [0.29, 0.717) is 4.47 Å². The molecule has 0 aromatic carbocycles. The Labute approximate surface area is 87.2 Å². The fraction of sp³-hybridized carbons (Fsp3) is 0.286. The molecule has 0 saturated carbocycles. The Bertz CT molecular complexity index is 320. The van der Waals surface area contributed by atoms with Crippen LogP contribution in [-0.4, -0.2) is 4.98 Å². The zero-order chi connectivity index (χ0) is 10.0. The van der Waals surface area contributed by atoms with E-state index in [2.05, 4.69) is 20.9 Å². The predicted molar refractivity (Wildman–Crippen MR) is 50.9 cm³/mol. The number of hydrogen-bond acceptors (Lipinski definition) is 2. The third-order valence-electron chi connectivity index (χ3n) is 1.48. The highest BCUT2D eigenvalue weighted by molar-refractivity contribution is 9.10. The standard InChI is InChI=1S/C7H6BrClF2N2/c8-4-1-3(6(10)11)5(2-9)13-7(4)12/h1,6H,2H2,(H2,12,13). The van der Waals surface area contributed by atoms with Crippen molar-refractivity contribution in [1.82, 2.24) is 4.98 Å². The highest BCUT2D eigenvalue weighted by Crippen LogP contribution is 2.28. The molecule has 0 aliphatic carbocycles.